The van der Waals surface area contributed by atoms with Crippen molar-refractivity contribution in [2.24, 2.45) is 4.99 Å². The van der Waals surface area contributed by atoms with Crippen molar-refractivity contribution in [3.05, 3.63) is 80.4 Å². The van der Waals surface area contributed by atoms with Crippen LogP contribution in [-0.2, 0) is 15.3 Å². The van der Waals surface area contributed by atoms with Gasteiger partial charge in [0.15, 0.2) is 5.17 Å². The Morgan fingerprint density at radius 3 is 2.79 bits per heavy atom. The zero-order valence-electron chi connectivity index (χ0n) is 15.5. The van der Waals surface area contributed by atoms with Crippen molar-refractivity contribution in [3.63, 3.8) is 0 Å². The summed E-state index contributed by atoms with van der Waals surface area (Å²) < 4.78 is 6.21. The number of nitrogens with zero attached hydrogens (tertiary/aromatic N) is 1. The summed E-state index contributed by atoms with van der Waals surface area (Å²) in [4.78, 5) is 17.4. The van der Waals surface area contributed by atoms with Crippen LogP contribution in [0.4, 0.5) is 0 Å². The van der Waals surface area contributed by atoms with Crippen molar-refractivity contribution in [2.75, 3.05) is 6.61 Å². The van der Waals surface area contributed by atoms with Gasteiger partial charge < -0.3 is 10.1 Å². The lowest BCUT2D eigenvalue weighted by Crippen LogP contribution is -2.30. The van der Waals surface area contributed by atoms with Gasteiger partial charge in [0.05, 0.1) is 12.2 Å². The third kappa shape index (κ3) is 4.99. The summed E-state index contributed by atoms with van der Waals surface area (Å²) in [7, 11) is 0. The number of allylic oxidation sites excluding steroid dienone is 1. The van der Waals surface area contributed by atoms with E-state index in [-0.39, 0.29) is 5.97 Å². The molecular formula is C21H20BrClN2O2S. The minimum atomic E-state index is -0.424. The molecule has 0 aromatic heterocycles. The van der Waals surface area contributed by atoms with Crippen molar-refractivity contribution in [1.82, 2.24) is 5.32 Å². The van der Waals surface area contributed by atoms with Gasteiger partial charge in [-0.2, -0.15) is 0 Å². The maximum Gasteiger partial charge on any atom is 0.338 e. The molecule has 1 atom stereocenters. The van der Waals surface area contributed by atoms with E-state index in [0.717, 1.165) is 31.5 Å². The molecule has 0 bridgehead atoms. The predicted molar refractivity (Wildman–Crippen MR) is 120 cm³/mol. The average molecular weight is 480 g/mol. The van der Waals surface area contributed by atoms with Gasteiger partial charge in [0.1, 0.15) is 6.04 Å². The smallest absolute Gasteiger partial charge is 0.338 e. The van der Waals surface area contributed by atoms with Gasteiger partial charge in [0.25, 0.3) is 0 Å². The second-order valence-corrected chi connectivity index (χ2v) is 8.44. The van der Waals surface area contributed by atoms with Gasteiger partial charge in [0.2, 0.25) is 0 Å². The topological polar surface area (TPSA) is 50.7 Å². The Labute approximate surface area is 182 Å². The number of carbonyl (C=O) groups is 1. The lowest BCUT2D eigenvalue weighted by molar-refractivity contribution is -0.138. The first-order valence-corrected chi connectivity index (χ1v) is 11.0. The molecule has 0 spiro atoms. The zero-order valence-corrected chi connectivity index (χ0v) is 18.7. The van der Waals surface area contributed by atoms with E-state index in [4.69, 9.17) is 21.3 Å². The number of nitrogens with one attached hydrogen (secondary N) is 1. The number of rotatable bonds is 5. The molecule has 4 nitrogen and oxygen atoms in total. The van der Waals surface area contributed by atoms with E-state index in [9.17, 15) is 4.79 Å². The maximum absolute atomic E-state index is 12.6. The Balaban J connectivity index is 1.90. The monoisotopic (exact) mass is 478 g/mol. The number of benzene rings is 2. The highest BCUT2D eigenvalue weighted by atomic mass is 79.9. The number of halogens is 2. The number of esters is 1. The van der Waals surface area contributed by atoms with Gasteiger partial charge in [-0.3, -0.25) is 0 Å². The summed E-state index contributed by atoms with van der Waals surface area (Å²) in [6, 6.07) is 15.1. The van der Waals surface area contributed by atoms with Crippen LogP contribution in [0.5, 0.6) is 0 Å². The van der Waals surface area contributed by atoms with Crippen LogP contribution in [0.3, 0.4) is 0 Å². The molecule has 0 fully saturated rings. The number of hydrogen-bond donors (Lipinski definition) is 1. The van der Waals surface area contributed by atoms with Crippen LogP contribution in [-0.4, -0.2) is 17.7 Å². The Morgan fingerprint density at radius 1 is 1.29 bits per heavy atom. The van der Waals surface area contributed by atoms with Crippen LogP contribution < -0.4 is 5.32 Å². The minimum Gasteiger partial charge on any atom is -0.463 e. The van der Waals surface area contributed by atoms with Crippen molar-refractivity contribution in [2.45, 2.75) is 25.6 Å². The second kappa shape index (κ2) is 9.63. The van der Waals surface area contributed by atoms with Gasteiger partial charge in [-0.1, -0.05) is 69.6 Å². The van der Waals surface area contributed by atoms with E-state index in [1.807, 2.05) is 55.5 Å². The molecule has 1 aliphatic heterocycles. The highest BCUT2D eigenvalue weighted by Gasteiger charge is 2.30. The summed E-state index contributed by atoms with van der Waals surface area (Å²) in [5.74, 6) is 0.329. The standard InChI is InChI=1S/C21H20BrClN2O2S/c1-3-27-20(26)18-13(2)24-21(28-12-15-7-4-5-10-17(15)23)25-19(18)14-8-6-9-16(22)11-14/h4-11,19H,3,12H2,1-2H3,(H,24,25)/t19-/m1/s1. The maximum atomic E-state index is 12.6. The Morgan fingerprint density at radius 2 is 2.07 bits per heavy atom. The molecular weight excluding hydrogens is 460 g/mol. The van der Waals surface area contributed by atoms with Crippen molar-refractivity contribution < 1.29 is 9.53 Å². The third-order valence-corrected chi connectivity index (χ3v) is 6.00. The van der Waals surface area contributed by atoms with Crippen LogP contribution in [0.2, 0.25) is 5.02 Å². The first kappa shape index (κ1) is 21.0. The highest BCUT2D eigenvalue weighted by Crippen LogP contribution is 2.34. The lowest BCUT2D eigenvalue weighted by atomic mass is 9.97. The first-order chi connectivity index (χ1) is 13.5. The molecule has 7 heteroatoms. The normalized spacial score (nSPS) is 16.4. The van der Waals surface area contributed by atoms with Crippen molar-refractivity contribution >= 4 is 50.4 Å². The Bertz CT molecular complexity index is 946. The molecule has 0 aliphatic carbocycles. The summed E-state index contributed by atoms with van der Waals surface area (Å²) >= 11 is 11.3. The second-order valence-electron chi connectivity index (χ2n) is 6.16. The largest absolute Gasteiger partial charge is 0.463 e. The molecule has 146 valence electrons. The van der Waals surface area contributed by atoms with Crippen LogP contribution in [0.25, 0.3) is 0 Å². The fourth-order valence-corrected chi connectivity index (χ4v) is 4.52. The van der Waals surface area contributed by atoms with E-state index < -0.39 is 6.04 Å². The molecule has 0 radical (unpaired) electrons. The Hall–Kier alpha value is -1.76. The SMILES string of the molecule is CCOC(=O)C1=C(C)NC(SCc2ccccc2Cl)=N[C@@H]1c1cccc(Br)c1. The zero-order chi connectivity index (χ0) is 20.1. The van der Waals surface area contributed by atoms with E-state index in [1.54, 1.807) is 18.7 Å². The lowest BCUT2D eigenvalue weighted by Gasteiger charge is -2.26. The molecule has 1 N–H and O–H groups in total. The van der Waals surface area contributed by atoms with Crippen LogP contribution in [0.15, 0.2) is 69.3 Å². The fraction of sp³-hybridized carbons (Fsp3) is 0.238. The Kier molecular flexibility index (Phi) is 7.21. The molecule has 2 aromatic rings. The van der Waals surface area contributed by atoms with Crippen LogP contribution in [0.1, 0.15) is 31.0 Å². The van der Waals surface area contributed by atoms with E-state index in [0.29, 0.717) is 17.9 Å². The molecule has 28 heavy (non-hydrogen) atoms. The van der Waals surface area contributed by atoms with E-state index in [2.05, 4.69) is 21.2 Å². The van der Waals surface area contributed by atoms with Gasteiger partial charge in [-0.25, -0.2) is 9.79 Å². The molecule has 3 rings (SSSR count). The summed E-state index contributed by atoms with van der Waals surface area (Å²) in [5, 5.41) is 4.72. The number of ether oxygens (including phenoxy) is 1. The van der Waals surface area contributed by atoms with Crippen molar-refractivity contribution in [1.29, 1.82) is 0 Å². The predicted octanol–water partition coefficient (Wildman–Crippen LogP) is 5.87. The summed E-state index contributed by atoms with van der Waals surface area (Å²) in [5.41, 5.74) is 3.24. The number of carbonyl (C=O) groups excluding carboxylic acids is 1. The summed E-state index contributed by atoms with van der Waals surface area (Å²) in [6.07, 6.45) is 0. The van der Waals surface area contributed by atoms with Crippen LogP contribution >= 0.6 is 39.3 Å². The fourth-order valence-electron chi connectivity index (χ4n) is 2.87. The summed E-state index contributed by atoms with van der Waals surface area (Å²) in [6.45, 7) is 3.99. The number of amidine groups is 1. The van der Waals surface area contributed by atoms with Crippen molar-refractivity contribution in [3.8, 4) is 0 Å². The first-order valence-electron chi connectivity index (χ1n) is 8.84. The highest BCUT2D eigenvalue weighted by molar-refractivity contribution is 9.10. The average Bonchev–Trinajstić information content (AvgIpc) is 2.67. The molecule has 1 heterocycles. The molecule has 2 aromatic carbocycles. The van der Waals surface area contributed by atoms with E-state index in [1.165, 1.54) is 0 Å². The quantitative estimate of drug-likeness (QED) is 0.545. The van der Waals surface area contributed by atoms with Gasteiger partial charge >= 0.3 is 5.97 Å². The number of aliphatic imine (C=N–C) groups is 1. The molecule has 0 amide bonds. The molecule has 0 saturated carbocycles. The molecule has 0 saturated heterocycles. The number of hydrogen-bond acceptors (Lipinski definition) is 5. The third-order valence-electron chi connectivity index (χ3n) is 4.20. The van der Waals surface area contributed by atoms with Gasteiger partial charge in [0, 0.05) is 20.9 Å². The minimum absolute atomic E-state index is 0.318. The van der Waals surface area contributed by atoms with E-state index >= 15 is 0 Å². The van der Waals surface area contributed by atoms with Crippen LogP contribution in [0, 0.1) is 0 Å². The van der Waals surface area contributed by atoms with Gasteiger partial charge in [-0.15, -0.1) is 0 Å². The molecule has 0 unspecified atom stereocenters. The molecule has 1 aliphatic rings. The van der Waals surface area contributed by atoms with Gasteiger partial charge in [-0.05, 0) is 43.2 Å². The number of thioether (sulfide) groups is 1.